The molecule has 2 N–H and O–H groups in total. The van der Waals surface area contributed by atoms with Crippen LogP contribution in [0.2, 0.25) is 0 Å². The first-order valence-electron chi connectivity index (χ1n) is 8.78. The molecule has 3 rings (SSSR count). The highest BCUT2D eigenvalue weighted by Crippen LogP contribution is 2.25. The van der Waals surface area contributed by atoms with Gasteiger partial charge < -0.3 is 15.0 Å². The lowest BCUT2D eigenvalue weighted by molar-refractivity contribution is -0.142. The fourth-order valence-electron chi connectivity index (χ4n) is 3.45. The molecular formula is C20H26N2O2. The van der Waals surface area contributed by atoms with Gasteiger partial charge in [0, 0.05) is 29.9 Å². The molecule has 4 nitrogen and oxygen atoms in total. The third-order valence-electron chi connectivity index (χ3n) is 4.86. The second kappa shape index (κ2) is 8.15. The summed E-state index contributed by atoms with van der Waals surface area (Å²) in [5.74, 6) is 0.785. The molecule has 1 aromatic carbocycles. The molecular weight excluding hydrogens is 300 g/mol. The van der Waals surface area contributed by atoms with E-state index in [9.17, 15) is 4.79 Å². The van der Waals surface area contributed by atoms with E-state index in [0.717, 1.165) is 32.4 Å². The van der Waals surface area contributed by atoms with Crippen molar-refractivity contribution in [2.75, 3.05) is 19.7 Å². The van der Waals surface area contributed by atoms with Crippen LogP contribution in [0.4, 0.5) is 0 Å². The SMILES string of the molecule is CC(=O)OC[C@@H]1CC=CC[C@H]1CNCCc1c[nH]c2ccccc12. The van der Waals surface area contributed by atoms with Gasteiger partial charge in [-0.3, -0.25) is 4.79 Å². The normalized spacial score (nSPS) is 20.4. The summed E-state index contributed by atoms with van der Waals surface area (Å²) in [6, 6.07) is 8.42. The number of rotatable bonds is 7. The van der Waals surface area contributed by atoms with Gasteiger partial charge in [-0.05, 0) is 49.9 Å². The van der Waals surface area contributed by atoms with Gasteiger partial charge in [0.1, 0.15) is 0 Å². The van der Waals surface area contributed by atoms with E-state index in [1.54, 1.807) is 0 Å². The van der Waals surface area contributed by atoms with Crippen LogP contribution in [0.5, 0.6) is 0 Å². The van der Waals surface area contributed by atoms with Gasteiger partial charge in [0.25, 0.3) is 0 Å². The Bertz CT molecular complexity index is 704. The number of para-hydroxylation sites is 1. The van der Waals surface area contributed by atoms with Crippen LogP contribution in [0.3, 0.4) is 0 Å². The summed E-state index contributed by atoms with van der Waals surface area (Å²) in [6.45, 7) is 3.95. The number of allylic oxidation sites excluding steroid dienone is 2. The molecule has 2 aromatic rings. The molecule has 1 aliphatic carbocycles. The standard InChI is InChI=1S/C20H26N2O2/c1-15(23)24-14-18-7-3-2-6-16(18)12-21-11-10-17-13-22-20-9-5-4-8-19(17)20/h2-5,8-9,13,16,18,21-22H,6-7,10-12,14H2,1H3/t16-,18-/m0/s1. The van der Waals surface area contributed by atoms with Crippen molar-refractivity contribution >= 4 is 16.9 Å². The molecule has 1 heterocycles. The highest BCUT2D eigenvalue weighted by Gasteiger charge is 2.23. The van der Waals surface area contributed by atoms with E-state index >= 15 is 0 Å². The predicted molar refractivity (Wildman–Crippen MR) is 96.9 cm³/mol. The van der Waals surface area contributed by atoms with Crippen LogP contribution in [-0.4, -0.2) is 30.6 Å². The van der Waals surface area contributed by atoms with Crippen molar-refractivity contribution in [2.45, 2.75) is 26.2 Å². The highest BCUT2D eigenvalue weighted by molar-refractivity contribution is 5.83. The van der Waals surface area contributed by atoms with Crippen LogP contribution >= 0.6 is 0 Å². The monoisotopic (exact) mass is 326 g/mol. The number of ether oxygens (including phenoxy) is 1. The van der Waals surface area contributed by atoms with E-state index < -0.39 is 0 Å². The van der Waals surface area contributed by atoms with Crippen molar-refractivity contribution in [1.82, 2.24) is 10.3 Å². The zero-order valence-electron chi connectivity index (χ0n) is 14.3. The molecule has 1 aromatic heterocycles. The minimum Gasteiger partial charge on any atom is -0.466 e. The van der Waals surface area contributed by atoms with E-state index in [4.69, 9.17) is 4.74 Å². The Hall–Kier alpha value is -2.07. The molecule has 128 valence electrons. The molecule has 0 radical (unpaired) electrons. The van der Waals surface area contributed by atoms with Gasteiger partial charge in [-0.25, -0.2) is 0 Å². The van der Waals surface area contributed by atoms with Crippen LogP contribution in [0, 0.1) is 11.8 Å². The van der Waals surface area contributed by atoms with E-state index in [2.05, 4.69) is 52.9 Å². The van der Waals surface area contributed by atoms with E-state index in [1.165, 1.54) is 23.4 Å². The molecule has 0 aliphatic heterocycles. The van der Waals surface area contributed by atoms with Gasteiger partial charge >= 0.3 is 5.97 Å². The lowest BCUT2D eigenvalue weighted by Crippen LogP contribution is -2.33. The van der Waals surface area contributed by atoms with Gasteiger partial charge in [0.05, 0.1) is 6.61 Å². The second-order valence-corrected chi connectivity index (χ2v) is 6.58. The van der Waals surface area contributed by atoms with Crippen LogP contribution in [-0.2, 0) is 16.0 Å². The molecule has 0 amide bonds. The molecule has 0 saturated heterocycles. The van der Waals surface area contributed by atoms with E-state index in [-0.39, 0.29) is 5.97 Å². The minimum atomic E-state index is -0.185. The van der Waals surface area contributed by atoms with Crippen LogP contribution in [0.1, 0.15) is 25.3 Å². The van der Waals surface area contributed by atoms with Crippen molar-refractivity contribution in [3.8, 4) is 0 Å². The molecule has 24 heavy (non-hydrogen) atoms. The number of aromatic amines is 1. The summed E-state index contributed by atoms with van der Waals surface area (Å²) in [6.07, 6.45) is 9.64. The molecule has 4 heteroatoms. The number of benzene rings is 1. The molecule has 0 fully saturated rings. The number of fused-ring (bicyclic) bond motifs is 1. The number of carbonyl (C=O) groups excluding carboxylic acids is 1. The van der Waals surface area contributed by atoms with Gasteiger partial charge in [0.2, 0.25) is 0 Å². The van der Waals surface area contributed by atoms with Crippen molar-refractivity contribution in [3.63, 3.8) is 0 Å². The van der Waals surface area contributed by atoms with Crippen LogP contribution < -0.4 is 5.32 Å². The number of aromatic nitrogens is 1. The molecule has 2 atom stereocenters. The summed E-state index contributed by atoms with van der Waals surface area (Å²) in [4.78, 5) is 14.4. The van der Waals surface area contributed by atoms with Crippen LogP contribution in [0.25, 0.3) is 10.9 Å². The summed E-state index contributed by atoms with van der Waals surface area (Å²) < 4.78 is 5.22. The molecule has 0 spiro atoms. The van der Waals surface area contributed by atoms with Crippen molar-refractivity contribution < 1.29 is 9.53 Å². The molecule has 1 aliphatic rings. The number of H-pyrrole nitrogens is 1. The summed E-state index contributed by atoms with van der Waals surface area (Å²) in [5, 5.41) is 4.90. The van der Waals surface area contributed by atoms with E-state index in [1.807, 2.05) is 0 Å². The number of hydrogen-bond donors (Lipinski definition) is 2. The first-order valence-corrected chi connectivity index (χ1v) is 8.78. The predicted octanol–water partition coefficient (Wildman–Crippen LogP) is 3.45. The fourth-order valence-corrected chi connectivity index (χ4v) is 3.45. The minimum absolute atomic E-state index is 0.185. The maximum Gasteiger partial charge on any atom is 0.302 e. The Morgan fingerprint density at radius 3 is 2.88 bits per heavy atom. The largest absolute Gasteiger partial charge is 0.466 e. The first-order chi connectivity index (χ1) is 11.7. The number of carbonyl (C=O) groups is 1. The summed E-state index contributed by atoms with van der Waals surface area (Å²) in [7, 11) is 0. The van der Waals surface area contributed by atoms with Crippen LogP contribution in [0.15, 0.2) is 42.6 Å². The Labute approximate surface area is 143 Å². The molecule has 0 bridgehead atoms. The van der Waals surface area contributed by atoms with Gasteiger partial charge in [-0.2, -0.15) is 0 Å². The highest BCUT2D eigenvalue weighted by atomic mass is 16.5. The Morgan fingerprint density at radius 2 is 2.04 bits per heavy atom. The topological polar surface area (TPSA) is 54.1 Å². The third-order valence-corrected chi connectivity index (χ3v) is 4.86. The number of nitrogens with one attached hydrogen (secondary N) is 2. The third kappa shape index (κ3) is 4.26. The fraction of sp³-hybridized carbons (Fsp3) is 0.450. The quantitative estimate of drug-likeness (QED) is 0.465. The first kappa shape index (κ1) is 16.8. The maximum absolute atomic E-state index is 11.0. The van der Waals surface area contributed by atoms with Crippen molar-refractivity contribution in [2.24, 2.45) is 11.8 Å². The molecule has 0 saturated carbocycles. The Morgan fingerprint density at radius 1 is 1.25 bits per heavy atom. The average molecular weight is 326 g/mol. The summed E-state index contributed by atoms with van der Waals surface area (Å²) >= 11 is 0. The zero-order valence-corrected chi connectivity index (χ0v) is 14.3. The van der Waals surface area contributed by atoms with E-state index in [0.29, 0.717) is 18.4 Å². The van der Waals surface area contributed by atoms with Gasteiger partial charge in [-0.15, -0.1) is 0 Å². The lowest BCUT2D eigenvalue weighted by atomic mass is 9.83. The molecule has 0 unspecified atom stereocenters. The Kier molecular flexibility index (Phi) is 5.70. The van der Waals surface area contributed by atoms with Crippen molar-refractivity contribution in [1.29, 1.82) is 0 Å². The second-order valence-electron chi connectivity index (χ2n) is 6.58. The van der Waals surface area contributed by atoms with Gasteiger partial charge in [0.15, 0.2) is 0 Å². The lowest BCUT2D eigenvalue weighted by Gasteiger charge is -2.28. The maximum atomic E-state index is 11.0. The number of esters is 1. The summed E-state index contributed by atoms with van der Waals surface area (Å²) in [5.41, 5.74) is 2.56. The van der Waals surface area contributed by atoms with Gasteiger partial charge in [-0.1, -0.05) is 30.4 Å². The number of hydrogen-bond acceptors (Lipinski definition) is 3. The Balaban J connectivity index is 1.46. The smallest absolute Gasteiger partial charge is 0.302 e. The van der Waals surface area contributed by atoms with Crippen molar-refractivity contribution in [3.05, 3.63) is 48.2 Å². The zero-order chi connectivity index (χ0) is 16.8. The average Bonchev–Trinajstić information content (AvgIpc) is 3.01.